The van der Waals surface area contributed by atoms with Crippen molar-refractivity contribution in [3.63, 3.8) is 0 Å². The van der Waals surface area contributed by atoms with Gasteiger partial charge in [-0.1, -0.05) is 103 Å². The van der Waals surface area contributed by atoms with E-state index >= 15 is 0 Å². The van der Waals surface area contributed by atoms with Crippen molar-refractivity contribution in [1.29, 1.82) is 0 Å². The highest BCUT2D eigenvalue weighted by Gasteiger charge is 2.31. The molecule has 0 unspecified atom stereocenters. The van der Waals surface area contributed by atoms with E-state index in [2.05, 4.69) is 10.6 Å². The van der Waals surface area contributed by atoms with Crippen molar-refractivity contribution in [3.05, 3.63) is 167 Å². The van der Waals surface area contributed by atoms with Gasteiger partial charge in [-0.05, 0) is 80.8 Å². The van der Waals surface area contributed by atoms with Crippen molar-refractivity contribution in [2.75, 3.05) is 11.1 Å². The number of carbonyl (C=O) groups is 4. The minimum Gasteiger partial charge on any atom is -0.488 e. The van der Waals surface area contributed by atoms with Gasteiger partial charge in [0.25, 0.3) is 5.91 Å². The van der Waals surface area contributed by atoms with Gasteiger partial charge < -0.3 is 30.6 Å². The number of benzene rings is 5. The van der Waals surface area contributed by atoms with Gasteiger partial charge in [0.2, 0.25) is 0 Å². The van der Waals surface area contributed by atoms with E-state index < -0.39 is 35.4 Å². The molecule has 1 aromatic heterocycles. The molecule has 6 aromatic rings. The molecule has 2 amide bonds. The van der Waals surface area contributed by atoms with Crippen LogP contribution < -0.4 is 21.1 Å². The molecule has 294 valence electrons. The number of carbonyl (C=O) groups excluding carboxylic acids is 4. The molecule has 0 saturated carbocycles. The maximum atomic E-state index is 14.4. The number of nitrogens with one attached hydrogen (secondary N) is 2. The van der Waals surface area contributed by atoms with Gasteiger partial charge >= 0.3 is 12.1 Å². The third-order valence-corrected chi connectivity index (χ3v) is 8.86. The number of amides is 2. The molecule has 0 aliphatic heterocycles. The molecule has 0 saturated heterocycles. The third kappa shape index (κ3) is 10.1. The Labute approximate surface area is 337 Å². The van der Waals surface area contributed by atoms with Gasteiger partial charge in [0.05, 0.1) is 17.3 Å². The molecule has 0 radical (unpaired) electrons. The summed E-state index contributed by atoms with van der Waals surface area (Å²) in [6.07, 6.45) is -0.806. The molecule has 0 aliphatic carbocycles. The van der Waals surface area contributed by atoms with Crippen molar-refractivity contribution in [2.45, 2.75) is 52.6 Å². The number of anilines is 2. The number of esters is 1. The van der Waals surface area contributed by atoms with E-state index in [-0.39, 0.29) is 47.0 Å². The van der Waals surface area contributed by atoms with Crippen LogP contribution in [0.2, 0.25) is 0 Å². The van der Waals surface area contributed by atoms with Crippen molar-refractivity contribution in [2.24, 2.45) is 0 Å². The number of rotatable bonds is 13. The Morgan fingerprint density at radius 2 is 1.28 bits per heavy atom. The molecule has 11 nitrogen and oxygen atoms in total. The Morgan fingerprint density at radius 1 is 0.690 bits per heavy atom. The minimum absolute atomic E-state index is 0.000629. The van der Waals surface area contributed by atoms with Gasteiger partial charge in [0.15, 0.2) is 5.78 Å². The first-order valence-electron chi connectivity index (χ1n) is 18.7. The van der Waals surface area contributed by atoms with Crippen molar-refractivity contribution in [3.8, 4) is 28.1 Å². The molecule has 58 heavy (non-hydrogen) atoms. The summed E-state index contributed by atoms with van der Waals surface area (Å²) in [5.41, 5.74) is 8.91. The molecule has 0 aliphatic rings. The second-order valence-electron chi connectivity index (χ2n) is 14.4. The molecule has 0 spiro atoms. The summed E-state index contributed by atoms with van der Waals surface area (Å²) in [4.78, 5) is 60.3. The summed E-state index contributed by atoms with van der Waals surface area (Å²) in [7, 11) is 0. The van der Waals surface area contributed by atoms with E-state index in [4.69, 9.17) is 24.9 Å². The molecular formula is C47H44N4O7. The van der Waals surface area contributed by atoms with E-state index in [0.29, 0.717) is 22.6 Å². The molecular weight excluding hydrogens is 733 g/mol. The standard InChI is InChI=1S/C47H44N4O7/c1-30(49-46(55)57-29-32-19-10-6-11-20-32)42(52)40-34(24-16-25-37(40)48)36-27-38(35-23-14-15-26-39(35)56-28-31-17-8-5-9-18-31)50-43(41(36)45(54)58-47(2,3)4)51-44(53)33-21-12-7-13-22-33/h5-27,30H,28-29,48H2,1-4H3,(H,49,55)(H,50,51,53)/t30-/m0/s1. The number of nitrogen functional groups attached to an aromatic ring is 1. The molecule has 11 heteroatoms. The first-order valence-corrected chi connectivity index (χ1v) is 18.7. The summed E-state index contributed by atoms with van der Waals surface area (Å²) in [5.74, 6) is -1.55. The highest BCUT2D eigenvalue weighted by molar-refractivity contribution is 6.14. The normalized spacial score (nSPS) is 11.5. The quantitative estimate of drug-likeness (QED) is 0.0590. The van der Waals surface area contributed by atoms with Crippen LogP contribution in [-0.4, -0.2) is 40.4 Å². The molecule has 0 bridgehead atoms. The zero-order valence-corrected chi connectivity index (χ0v) is 32.7. The Kier molecular flexibility index (Phi) is 12.6. The van der Waals surface area contributed by atoms with Crippen molar-refractivity contribution >= 4 is 35.3 Å². The summed E-state index contributed by atoms with van der Waals surface area (Å²) in [6.45, 7) is 6.92. The average Bonchev–Trinajstić information content (AvgIpc) is 3.22. The number of nitrogens with zero attached hydrogens (tertiary/aromatic N) is 1. The predicted molar refractivity (Wildman–Crippen MR) is 223 cm³/mol. The number of pyridine rings is 1. The number of aromatic nitrogens is 1. The zero-order chi connectivity index (χ0) is 41.2. The van der Waals surface area contributed by atoms with Crippen LogP contribution >= 0.6 is 0 Å². The second-order valence-corrected chi connectivity index (χ2v) is 14.4. The predicted octanol–water partition coefficient (Wildman–Crippen LogP) is 9.28. The summed E-state index contributed by atoms with van der Waals surface area (Å²) < 4.78 is 17.6. The van der Waals surface area contributed by atoms with Crippen molar-refractivity contribution < 1.29 is 33.4 Å². The fourth-order valence-corrected chi connectivity index (χ4v) is 6.12. The minimum atomic E-state index is -1.11. The maximum Gasteiger partial charge on any atom is 0.408 e. The number of hydrogen-bond acceptors (Lipinski definition) is 9. The van der Waals surface area contributed by atoms with Gasteiger partial charge in [0.1, 0.15) is 35.9 Å². The molecule has 6 rings (SSSR count). The van der Waals surface area contributed by atoms with Crippen LogP contribution in [0.4, 0.5) is 16.3 Å². The molecule has 1 heterocycles. The van der Waals surface area contributed by atoms with Gasteiger partial charge in [-0.25, -0.2) is 14.6 Å². The Balaban J connectivity index is 1.49. The number of para-hydroxylation sites is 1. The summed E-state index contributed by atoms with van der Waals surface area (Å²) in [6, 6.07) is 39.9. The third-order valence-electron chi connectivity index (χ3n) is 8.86. The molecule has 1 atom stereocenters. The van der Waals surface area contributed by atoms with Crippen LogP contribution in [0.25, 0.3) is 22.4 Å². The van der Waals surface area contributed by atoms with Crippen molar-refractivity contribution in [1.82, 2.24) is 10.3 Å². The van der Waals surface area contributed by atoms with E-state index in [9.17, 15) is 19.2 Å². The lowest BCUT2D eigenvalue weighted by atomic mass is 9.89. The Bertz CT molecular complexity index is 2410. The highest BCUT2D eigenvalue weighted by Crippen LogP contribution is 2.40. The van der Waals surface area contributed by atoms with E-state index in [1.165, 1.54) is 6.92 Å². The van der Waals surface area contributed by atoms with Crippen LogP contribution in [-0.2, 0) is 22.7 Å². The van der Waals surface area contributed by atoms with Crippen LogP contribution in [0.15, 0.2) is 140 Å². The first-order chi connectivity index (χ1) is 27.9. The zero-order valence-electron chi connectivity index (χ0n) is 32.7. The Hall–Kier alpha value is -7.27. The lowest BCUT2D eigenvalue weighted by molar-refractivity contribution is 0.00711. The second kappa shape index (κ2) is 18.1. The van der Waals surface area contributed by atoms with Crippen LogP contribution in [0.3, 0.4) is 0 Å². The number of nitrogens with two attached hydrogens (primary N) is 1. The van der Waals surface area contributed by atoms with Crippen LogP contribution in [0.1, 0.15) is 69.9 Å². The molecule has 0 fully saturated rings. The number of ether oxygens (including phenoxy) is 3. The van der Waals surface area contributed by atoms with Gasteiger partial charge in [0, 0.05) is 22.4 Å². The fourth-order valence-electron chi connectivity index (χ4n) is 6.12. The monoisotopic (exact) mass is 776 g/mol. The topological polar surface area (TPSA) is 159 Å². The van der Waals surface area contributed by atoms with Gasteiger partial charge in [-0.15, -0.1) is 0 Å². The SMILES string of the molecule is C[C@H](NC(=O)OCc1ccccc1)C(=O)c1c(N)cccc1-c1cc(-c2ccccc2OCc2ccccc2)nc(NC(=O)c2ccccc2)c1C(=O)OC(C)(C)C. The number of hydrogen-bond donors (Lipinski definition) is 3. The van der Waals surface area contributed by atoms with E-state index in [0.717, 1.165) is 11.1 Å². The average molecular weight is 777 g/mol. The lowest BCUT2D eigenvalue weighted by Crippen LogP contribution is -2.39. The van der Waals surface area contributed by atoms with Crippen LogP contribution in [0.5, 0.6) is 5.75 Å². The van der Waals surface area contributed by atoms with Crippen LogP contribution in [0, 0.1) is 0 Å². The number of alkyl carbamates (subject to hydrolysis) is 1. The summed E-state index contributed by atoms with van der Waals surface area (Å²) in [5, 5.41) is 5.46. The van der Waals surface area contributed by atoms with E-state index in [1.54, 1.807) is 87.5 Å². The Morgan fingerprint density at radius 3 is 1.93 bits per heavy atom. The maximum absolute atomic E-state index is 14.4. The van der Waals surface area contributed by atoms with Gasteiger partial charge in [-0.2, -0.15) is 0 Å². The van der Waals surface area contributed by atoms with E-state index in [1.807, 2.05) is 72.8 Å². The highest BCUT2D eigenvalue weighted by atomic mass is 16.6. The lowest BCUT2D eigenvalue weighted by Gasteiger charge is -2.24. The fraction of sp³-hybridized carbons (Fsp3) is 0.170. The molecule has 5 aromatic carbocycles. The number of ketones is 1. The summed E-state index contributed by atoms with van der Waals surface area (Å²) >= 11 is 0. The first kappa shape index (κ1) is 40.4. The smallest absolute Gasteiger partial charge is 0.408 e. The molecule has 4 N–H and O–H groups in total. The van der Waals surface area contributed by atoms with Gasteiger partial charge in [-0.3, -0.25) is 9.59 Å². The number of Topliss-reactive ketones (excluding diaryl/α,β-unsaturated/α-hetero) is 1. The largest absolute Gasteiger partial charge is 0.488 e.